The molecule has 3 heteroatoms. The van der Waals surface area contributed by atoms with Crippen LogP contribution in [-0.2, 0) is 14.3 Å². The summed E-state index contributed by atoms with van der Waals surface area (Å²) in [5.41, 5.74) is -0.193. The molecule has 0 aromatic carbocycles. The van der Waals surface area contributed by atoms with Crippen molar-refractivity contribution < 1.29 is 14.3 Å². The molecule has 0 atom stereocenters. The van der Waals surface area contributed by atoms with Crippen molar-refractivity contribution in [3.05, 3.63) is 0 Å². The Labute approximate surface area is 86.8 Å². The molecule has 0 aromatic heterocycles. The van der Waals surface area contributed by atoms with E-state index in [4.69, 9.17) is 9.47 Å². The third-order valence-corrected chi connectivity index (χ3v) is 2.29. The zero-order valence-electron chi connectivity index (χ0n) is 9.76. The van der Waals surface area contributed by atoms with Gasteiger partial charge in [-0.2, -0.15) is 0 Å². The highest BCUT2D eigenvalue weighted by Crippen LogP contribution is 2.15. The molecule has 0 aromatic rings. The lowest BCUT2D eigenvalue weighted by atomic mass is 10.00. The van der Waals surface area contributed by atoms with Crippen molar-refractivity contribution in [1.82, 2.24) is 0 Å². The highest BCUT2D eigenvalue weighted by Gasteiger charge is 2.17. The van der Waals surface area contributed by atoms with Crippen molar-refractivity contribution in [2.75, 3.05) is 20.3 Å². The number of Topliss-reactive ketones (excluding diaryl/α,β-unsaturated/α-hetero) is 1. The molecule has 0 rings (SSSR count). The average molecular weight is 202 g/mol. The lowest BCUT2D eigenvalue weighted by molar-refractivity contribution is -0.121. The maximum atomic E-state index is 11.3. The Balaban J connectivity index is 3.53. The summed E-state index contributed by atoms with van der Waals surface area (Å²) in [6, 6.07) is 0. The summed E-state index contributed by atoms with van der Waals surface area (Å²) in [5.74, 6) is 0.253. The lowest BCUT2D eigenvalue weighted by Crippen LogP contribution is -2.23. The Morgan fingerprint density at radius 1 is 1.29 bits per heavy atom. The second-order valence-corrected chi connectivity index (χ2v) is 3.95. The predicted molar refractivity (Wildman–Crippen MR) is 56.4 cm³/mol. The molecule has 84 valence electrons. The first-order chi connectivity index (χ1) is 6.52. The summed E-state index contributed by atoms with van der Waals surface area (Å²) in [6.07, 6.45) is 1.87. The smallest absolute Gasteiger partial charge is 0.135 e. The van der Waals surface area contributed by atoms with Crippen molar-refractivity contribution in [3.63, 3.8) is 0 Å². The van der Waals surface area contributed by atoms with Gasteiger partial charge in [-0.05, 0) is 27.2 Å². The molecule has 0 amide bonds. The van der Waals surface area contributed by atoms with E-state index >= 15 is 0 Å². The number of hydrogen-bond acceptors (Lipinski definition) is 3. The zero-order chi connectivity index (χ0) is 11.0. The van der Waals surface area contributed by atoms with Crippen LogP contribution >= 0.6 is 0 Å². The fourth-order valence-electron chi connectivity index (χ4n) is 0.998. The first kappa shape index (κ1) is 13.6. The van der Waals surface area contributed by atoms with Gasteiger partial charge in [0, 0.05) is 26.6 Å². The van der Waals surface area contributed by atoms with Crippen LogP contribution in [0.25, 0.3) is 0 Å². The summed E-state index contributed by atoms with van der Waals surface area (Å²) in [4.78, 5) is 11.3. The van der Waals surface area contributed by atoms with Gasteiger partial charge in [-0.3, -0.25) is 4.79 Å². The summed E-state index contributed by atoms with van der Waals surface area (Å²) in [7, 11) is 1.67. The third-order valence-electron chi connectivity index (χ3n) is 2.29. The Bertz CT molecular complexity index is 164. The Morgan fingerprint density at radius 3 is 2.43 bits per heavy atom. The molecule has 0 heterocycles. The fraction of sp³-hybridized carbons (Fsp3) is 0.909. The molecular weight excluding hydrogens is 180 g/mol. The van der Waals surface area contributed by atoms with Gasteiger partial charge in [0.05, 0.1) is 12.2 Å². The van der Waals surface area contributed by atoms with Gasteiger partial charge in [-0.15, -0.1) is 0 Å². The van der Waals surface area contributed by atoms with E-state index in [0.717, 1.165) is 6.42 Å². The van der Waals surface area contributed by atoms with E-state index in [1.54, 1.807) is 7.11 Å². The molecule has 0 fully saturated rings. The monoisotopic (exact) mass is 202 g/mol. The van der Waals surface area contributed by atoms with E-state index in [1.807, 2.05) is 20.8 Å². The van der Waals surface area contributed by atoms with Crippen LogP contribution in [0.4, 0.5) is 0 Å². The van der Waals surface area contributed by atoms with Crippen LogP contribution in [0.2, 0.25) is 0 Å². The molecule has 0 aliphatic rings. The van der Waals surface area contributed by atoms with Crippen LogP contribution < -0.4 is 0 Å². The SMILES string of the molecule is CCOCCC(=O)CCC(C)(C)OC. The van der Waals surface area contributed by atoms with Crippen molar-refractivity contribution >= 4 is 5.78 Å². The molecule has 14 heavy (non-hydrogen) atoms. The van der Waals surface area contributed by atoms with Crippen molar-refractivity contribution in [2.24, 2.45) is 0 Å². The number of methoxy groups -OCH3 is 1. The molecule has 0 saturated carbocycles. The second kappa shape index (κ2) is 6.96. The van der Waals surface area contributed by atoms with Crippen LogP contribution in [-0.4, -0.2) is 31.7 Å². The molecule has 0 aliphatic carbocycles. The summed E-state index contributed by atoms with van der Waals surface area (Å²) >= 11 is 0. The highest BCUT2D eigenvalue weighted by molar-refractivity contribution is 5.78. The molecule has 0 radical (unpaired) electrons. The van der Waals surface area contributed by atoms with E-state index in [9.17, 15) is 4.79 Å². The molecule has 0 N–H and O–H groups in total. The zero-order valence-corrected chi connectivity index (χ0v) is 9.76. The van der Waals surface area contributed by atoms with E-state index < -0.39 is 0 Å². The van der Waals surface area contributed by atoms with Crippen LogP contribution in [0, 0.1) is 0 Å². The van der Waals surface area contributed by atoms with Gasteiger partial charge >= 0.3 is 0 Å². The largest absolute Gasteiger partial charge is 0.381 e. The Hall–Kier alpha value is -0.410. The number of ether oxygens (including phenoxy) is 2. The minimum absolute atomic E-state index is 0.193. The van der Waals surface area contributed by atoms with Gasteiger partial charge in [0.15, 0.2) is 0 Å². The second-order valence-electron chi connectivity index (χ2n) is 3.95. The van der Waals surface area contributed by atoms with Gasteiger partial charge in [-0.1, -0.05) is 0 Å². The van der Waals surface area contributed by atoms with Gasteiger partial charge in [-0.25, -0.2) is 0 Å². The molecule has 3 nitrogen and oxygen atoms in total. The quantitative estimate of drug-likeness (QED) is 0.566. The lowest BCUT2D eigenvalue weighted by Gasteiger charge is -2.22. The predicted octanol–water partition coefficient (Wildman–Crippen LogP) is 2.19. The van der Waals surface area contributed by atoms with Crippen molar-refractivity contribution in [3.8, 4) is 0 Å². The van der Waals surface area contributed by atoms with Crippen LogP contribution in [0.15, 0.2) is 0 Å². The van der Waals surface area contributed by atoms with Crippen molar-refractivity contribution in [2.45, 2.75) is 45.6 Å². The van der Waals surface area contributed by atoms with Gasteiger partial charge < -0.3 is 9.47 Å². The Morgan fingerprint density at radius 2 is 1.93 bits per heavy atom. The topological polar surface area (TPSA) is 35.5 Å². The van der Waals surface area contributed by atoms with E-state index in [-0.39, 0.29) is 11.4 Å². The highest BCUT2D eigenvalue weighted by atomic mass is 16.5. The average Bonchev–Trinajstić information content (AvgIpc) is 2.16. The molecule has 0 saturated heterocycles. The maximum absolute atomic E-state index is 11.3. The number of carbonyl (C=O) groups excluding carboxylic acids is 1. The Kier molecular flexibility index (Phi) is 6.75. The molecule has 0 aliphatic heterocycles. The van der Waals surface area contributed by atoms with Crippen LogP contribution in [0.1, 0.15) is 40.0 Å². The van der Waals surface area contributed by atoms with E-state index in [1.165, 1.54) is 0 Å². The fourth-order valence-corrected chi connectivity index (χ4v) is 0.998. The summed E-state index contributed by atoms with van der Waals surface area (Å²) < 4.78 is 10.3. The number of carbonyl (C=O) groups is 1. The van der Waals surface area contributed by atoms with Gasteiger partial charge in [0.1, 0.15) is 5.78 Å². The first-order valence-electron chi connectivity index (χ1n) is 5.16. The van der Waals surface area contributed by atoms with Crippen molar-refractivity contribution in [1.29, 1.82) is 0 Å². The summed E-state index contributed by atoms with van der Waals surface area (Å²) in [6.45, 7) is 7.13. The first-order valence-corrected chi connectivity index (χ1v) is 5.16. The standard InChI is InChI=1S/C11H22O3/c1-5-14-9-7-10(12)6-8-11(2,3)13-4/h5-9H2,1-4H3. The van der Waals surface area contributed by atoms with Gasteiger partial charge in [0.2, 0.25) is 0 Å². The molecule has 0 unspecified atom stereocenters. The van der Waals surface area contributed by atoms with Crippen LogP contribution in [0.5, 0.6) is 0 Å². The maximum Gasteiger partial charge on any atom is 0.135 e. The number of hydrogen-bond donors (Lipinski definition) is 0. The molecular formula is C11H22O3. The van der Waals surface area contributed by atoms with E-state index in [2.05, 4.69) is 0 Å². The number of rotatable bonds is 8. The third kappa shape index (κ3) is 7.04. The number of ketones is 1. The summed E-state index contributed by atoms with van der Waals surface area (Å²) in [5, 5.41) is 0. The van der Waals surface area contributed by atoms with Gasteiger partial charge in [0.25, 0.3) is 0 Å². The van der Waals surface area contributed by atoms with E-state index in [0.29, 0.717) is 26.1 Å². The molecule has 0 bridgehead atoms. The normalized spacial score (nSPS) is 11.7. The van der Waals surface area contributed by atoms with Crippen LogP contribution in [0.3, 0.4) is 0 Å². The molecule has 0 spiro atoms. The minimum atomic E-state index is -0.193. The minimum Gasteiger partial charge on any atom is -0.381 e.